The first-order valence-electron chi connectivity index (χ1n) is 7.24. The second-order valence-corrected chi connectivity index (χ2v) is 5.35. The number of carbonyl (C=O) groups excluding carboxylic acids is 1. The summed E-state index contributed by atoms with van der Waals surface area (Å²) in [5.74, 6) is -1.20. The van der Waals surface area contributed by atoms with Crippen molar-refractivity contribution < 1.29 is 19.4 Å². The highest BCUT2D eigenvalue weighted by Crippen LogP contribution is 2.21. The summed E-state index contributed by atoms with van der Waals surface area (Å²) < 4.78 is 5.27. The van der Waals surface area contributed by atoms with E-state index < -0.39 is 12.0 Å². The Morgan fingerprint density at radius 2 is 1.90 bits per heavy atom. The molecule has 1 heterocycles. The number of aliphatic carboxylic acids is 1. The van der Waals surface area contributed by atoms with Crippen LogP contribution in [0.3, 0.4) is 0 Å². The molecule has 1 aliphatic heterocycles. The van der Waals surface area contributed by atoms with Crippen LogP contribution < -0.4 is 0 Å². The monoisotopic (exact) mass is 291 g/mol. The van der Waals surface area contributed by atoms with E-state index in [9.17, 15) is 14.7 Å². The van der Waals surface area contributed by atoms with Gasteiger partial charge in [0.05, 0.1) is 0 Å². The van der Waals surface area contributed by atoms with Gasteiger partial charge in [0.25, 0.3) is 0 Å². The van der Waals surface area contributed by atoms with Gasteiger partial charge in [-0.1, -0.05) is 30.3 Å². The predicted octanol–water partition coefficient (Wildman–Crippen LogP) is 1.91. The topological polar surface area (TPSA) is 66.8 Å². The summed E-state index contributed by atoms with van der Waals surface area (Å²) in [6, 6.07) is 8.64. The average molecular weight is 291 g/mol. The minimum Gasteiger partial charge on any atom is -0.480 e. The number of carboxylic acid groups (broad SMARTS) is 1. The van der Waals surface area contributed by atoms with Crippen LogP contribution in [-0.2, 0) is 20.9 Å². The zero-order valence-electron chi connectivity index (χ0n) is 12.2. The number of rotatable bonds is 5. The summed E-state index contributed by atoms with van der Waals surface area (Å²) in [4.78, 5) is 25.4. The zero-order chi connectivity index (χ0) is 15.2. The van der Waals surface area contributed by atoms with Gasteiger partial charge < -0.3 is 14.7 Å². The van der Waals surface area contributed by atoms with Gasteiger partial charge in [0, 0.05) is 25.7 Å². The SMILES string of the molecule is CC(C(=O)O)N(Cc1ccccc1)C(=O)C1CCOCC1. The first kappa shape index (κ1) is 15.5. The summed E-state index contributed by atoms with van der Waals surface area (Å²) >= 11 is 0. The Bertz CT molecular complexity index is 482. The highest BCUT2D eigenvalue weighted by atomic mass is 16.5. The molecule has 0 aromatic heterocycles. The molecule has 21 heavy (non-hydrogen) atoms. The van der Waals surface area contributed by atoms with E-state index in [4.69, 9.17) is 4.74 Å². The normalized spacial score (nSPS) is 17.2. The van der Waals surface area contributed by atoms with Gasteiger partial charge in [0.1, 0.15) is 6.04 Å². The lowest BCUT2D eigenvalue weighted by Crippen LogP contribution is -2.46. The third kappa shape index (κ3) is 4.04. The molecule has 0 aliphatic carbocycles. The molecule has 2 rings (SSSR count). The van der Waals surface area contributed by atoms with Crippen molar-refractivity contribution in [2.45, 2.75) is 32.4 Å². The molecule has 1 N–H and O–H groups in total. The van der Waals surface area contributed by atoms with E-state index in [0.717, 1.165) is 5.56 Å². The summed E-state index contributed by atoms with van der Waals surface area (Å²) in [6.45, 7) is 3.01. The number of benzene rings is 1. The van der Waals surface area contributed by atoms with Crippen LogP contribution in [0.2, 0.25) is 0 Å². The molecule has 0 bridgehead atoms. The lowest BCUT2D eigenvalue weighted by atomic mass is 9.97. The molecule has 1 aromatic carbocycles. The summed E-state index contributed by atoms with van der Waals surface area (Å²) in [6.07, 6.45) is 1.33. The van der Waals surface area contributed by atoms with Crippen LogP contribution >= 0.6 is 0 Å². The number of amides is 1. The minimum atomic E-state index is -0.980. The fourth-order valence-electron chi connectivity index (χ4n) is 2.50. The predicted molar refractivity (Wildman–Crippen MR) is 77.6 cm³/mol. The Labute approximate surface area is 124 Å². The van der Waals surface area contributed by atoms with Crippen molar-refractivity contribution in [2.75, 3.05) is 13.2 Å². The standard InChI is InChI=1S/C16H21NO4/c1-12(16(19)20)17(11-13-5-3-2-4-6-13)15(18)14-7-9-21-10-8-14/h2-6,12,14H,7-11H2,1H3,(H,19,20). The largest absolute Gasteiger partial charge is 0.480 e. The van der Waals surface area contributed by atoms with Crippen LogP contribution in [0.25, 0.3) is 0 Å². The molecule has 1 saturated heterocycles. The Morgan fingerprint density at radius 3 is 2.48 bits per heavy atom. The van der Waals surface area contributed by atoms with Crippen molar-refractivity contribution in [1.82, 2.24) is 4.90 Å². The van der Waals surface area contributed by atoms with Gasteiger partial charge in [0.15, 0.2) is 0 Å². The zero-order valence-corrected chi connectivity index (χ0v) is 12.2. The highest BCUT2D eigenvalue weighted by molar-refractivity contribution is 5.85. The average Bonchev–Trinajstić information content (AvgIpc) is 2.53. The maximum absolute atomic E-state index is 12.7. The molecule has 1 atom stereocenters. The van der Waals surface area contributed by atoms with Crippen LogP contribution in [0.5, 0.6) is 0 Å². The number of carbonyl (C=O) groups is 2. The molecule has 0 spiro atoms. The Kier molecular flexibility index (Phi) is 5.33. The Morgan fingerprint density at radius 1 is 1.29 bits per heavy atom. The molecule has 5 heteroatoms. The summed E-state index contributed by atoms with van der Waals surface area (Å²) in [5, 5.41) is 9.26. The molecule has 1 amide bonds. The second kappa shape index (κ2) is 7.22. The Hall–Kier alpha value is -1.88. The number of hydrogen-bond acceptors (Lipinski definition) is 3. The van der Waals surface area contributed by atoms with Gasteiger partial charge in [-0.3, -0.25) is 4.79 Å². The minimum absolute atomic E-state index is 0.0861. The van der Waals surface area contributed by atoms with Gasteiger partial charge >= 0.3 is 5.97 Å². The first-order chi connectivity index (χ1) is 10.1. The molecule has 0 saturated carbocycles. The molecule has 1 aromatic rings. The molecule has 1 aliphatic rings. The van der Waals surface area contributed by atoms with Crippen molar-refractivity contribution >= 4 is 11.9 Å². The molecule has 1 fully saturated rings. The maximum atomic E-state index is 12.7. The summed E-state index contributed by atoms with van der Waals surface area (Å²) in [7, 11) is 0. The van der Waals surface area contributed by atoms with E-state index in [0.29, 0.717) is 32.6 Å². The molecule has 5 nitrogen and oxygen atoms in total. The van der Waals surface area contributed by atoms with Gasteiger partial charge in [-0.05, 0) is 25.3 Å². The smallest absolute Gasteiger partial charge is 0.326 e. The van der Waals surface area contributed by atoms with E-state index in [-0.39, 0.29) is 11.8 Å². The van der Waals surface area contributed by atoms with Crippen LogP contribution in [0, 0.1) is 5.92 Å². The molecule has 1 unspecified atom stereocenters. The van der Waals surface area contributed by atoms with E-state index in [2.05, 4.69) is 0 Å². The third-order valence-corrected chi connectivity index (χ3v) is 3.87. The second-order valence-electron chi connectivity index (χ2n) is 5.35. The van der Waals surface area contributed by atoms with Crippen LogP contribution in [0.15, 0.2) is 30.3 Å². The van der Waals surface area contributed by atoms with Crippen molar-refractivity contribution in [3.05, 3.63) is 35.9 Å². The molecule has 0 radical (unpaired) electrons. The number of ether oxygens (including phenoxy) is 1. The fourth-order valence-corrected chi connectivity index (χ4v) is 2.50. The number of carboxylic acids is 1. The van der Waals surface area contributed by atoms with Crippen LogP contribution in [0.1, 0.15) is 25.3 Å². The van der Waals surface area contributed by atoms with E-state index >= 15 is 0 Å². The van der Waals surface area contributed by atoms with E-state index in [1.165, 1.54) is 4.90 Å². The third-order valence-electron chi connectivity index (χ3n) is 3.87. The Balaban J connectivity index is 2.14. The quantitative estimate of drug-likeness (QED) is 0.900. The molecular formula is C16H21NO4. The number of nitrogens with zero attached hydrogens (tertiary/aromatic N) is 1. The summed E-state index contributed by atoms with van der Waals surface area (Å²) in [5.41, 5.74) is 0.936. The van der Waals surface area contributed by atoms with Crippen molar-refractivity contribution in [3.63, 3.8) is 0 Å². The van der Waals surface area contributed by atoms with Crippen molar-refractivity contribution in [2.24, 2.45) is 5.92 Å². The maximum Gasteiger partial charge on any atom is 0.326 e. The van der Waals surface area contributed by atoms with E-state index in [1.807, 2.05) is 30.3 Å². The van der Waals surface area contributed by atoms with Gasteiger partial charge in [-0.25, -0.2) is 4.79 Å². The van der Waals surface area contributed by atoms with Gasteiger partial charge in [0.2, 0.25) is 5.91 Å². The van der Waals surface area contributed by atoms with E-state index in [1.54, 1.807) is 6.92 Å². The first-order valence-corrected chi connectivity index (χ1v) is 7.24. The van der Waals surface area contributed by atoms with Crippen LogP contribution in [0.4, 0.5) is 0 Å². The lowest BCUT2D eigenvalue weighted by molar-refractivity contribution is -0.153. The van der Waals surface area contributed by atoms with Gasteiger partial charge in [-0.2, -0.15) is 0 Å². The van der Waals surface area contributed by atoms with Crippen molar-refractivity contribution in [1.29, 1.82) is 0 Å². The van der Waals surface area contributed by atoms with Crippen LogP contribution in [-0.4, -0.2) is 41.1 Å². The molecule has 114 valence electrons. The number of hydrogen-bond donors (Lipinski definition) is 1. The van der Waals surface area contributed by atoms with Gasteiger partial charge in [-0.15, -0.1) is 0 Å². The fraction of sp³-hybridized carbons (Fsp3) is 0.500. The van der Waals surface area contributed by atoms with Crippen molar-refractivity contribution in [3.8, 4) is 0 Å². The lowest BCUT2D eigenvalue weighted by Gasteiger charge is -2.32. The highest BCUT2D eigenvalue weighted by Gasteiger charge is 2.31. The molecular weight excluding hydrogens is 270 g/mol.